The van der Waals surface area contributed by atoms with Gasteiger partial charge in [0.1, 0.15) is 5.82 Å². The average molecular weight is 477 g/mol. The van der Waals surface area contributed by atoms with Crippen molar-refractivity contribution in [3.05, 3.63) is 78.8 Å². The number of aromatic nitrogens is 5. The van der Waals surface area contributed by atoms with Gasteiger partial charge in [0.2, 0.25) is 10.0 Å². The second-order valence-electron chi connectivity index (χ2n) is 7.96. The summed E-state index contributed by atoms with van der Waals surface area (Å²) in [5.41, 5.74) is 1.91. The van der Waals surface area contributed by atoms with Crippen LogP contribution < -0.4 is 10.2 Å². The van der Waals surface area contributed by atoms with E-state index in [0.29, 0.717) is 43.6 Å². The topological polar surface area (TPSA) is 109 Å². The number of aryl methyl sites for hydroxylation is 1. The summed E-state index contributed by atoms with van der Waals surface area (Å²) < 4.78 is 29.4. The summed E-state index contributed by atoms with van der Waals surface area (Å²) in [7, 11) is -3.57. The first kappa shape index (κ1) is 22.0. The lowest BCUT2D eigenvalue weighted by atomic mass is 10.3. The lowest BCUT2D eigenvalue weighted by Gasteiger charge is -2.34. The lowest BCUT2D eigenvalue weighted by molar-refractivity contribution is 0.383. The van der Waals surface area contributed by atoms with E-state index in [1.54, 1.807) is 41.3 Å². The fourth-order valence-corrected chi connectivity index (χ4v) is 5.22. The Labute approximate surface area is 197 Å². The molecule has 5 rings (SSSR count). The Hall–Kier alpha value is -3.83. The third-order valence-electron chi connectivity index (χ3n) is 5.63. The molecular formula is C23H24N8O2S. The minimum Gasteiger partial charge on any atom is -0.352 e. The Morgan fingerprint density at radius 2 is 1.68 bits per heavy atom. The van der Waals surface area contributed by atoms with E-state index >= 15 is 0 Å². The predicted octanol–water partition coefficient (Wildman–Crippen LogP) is 2.62. The molecule has 0 spiro atoms. The van der Waals surface area contributed by atoms with Crippen molar-refractivity contribution in [2.45, 2.75) is 11.8 Å². The number of anilines is 3. The van der Waals surface area contributed by atoms with Crippen molar-refractivity contribution < 1.29 is 8.42 Å². The van der Waals surface area contributed by atoms with Crippen LogP contribution in [-0.4, -0.2) is 63.9 Å². The molecule has 1 N–H and O–H groups in total. The van der Waals surface area contributed by atoms with Crippen LogP contribution in [0, 0.1) is 6.92 Å². The fourth-order valence-electron chi connectivity index (χ4n) is 3.80. The Balaban J connectivity index is 1.21. The molecule has 3 aromatic heterocycles. The summed E-state index contributed by atoms with van der Waals surface area (Å²) in [4.78, 5) is 6.58. The van der Waals surface area contributed by atoms with Crippen LogP contribution in [-0.2, 0) is 10.0 Å². The molecule has 11 heteroatoms. The van der Waals surface area contributed by atoms with Gasteiger partial charge in [-0.25, -0.2) is 18.1 Å². The number of hydrogen-bond acceptors (Lipinski definition) is 8. The Kier molecular flexibility index (Phi) is 5.95. The van der Waals surface area contributed by atoms with Gasteiger partial charge < -0.3 is 10.2 Å². The summed E-state index contributed by atoms with van der Waals surface area (Å²) >= 11 is 0. The highest BCUT2D eigenvalue weighted by Gasteiger charge is 2.29. The minimum absolute atomic E-state index is 0.275. The molecule has 1 aliphatic heterocycles. The second-order valence-corrected chi connectivity index (χ2v) is 9.89. The first-order valence-corrected chi connectivity index (χ1v) is 12.3. The molecule has 0 amide bonds. The van der Waals surface area contributed by atoms with Gasteiger partial charge in [0.25, 0.3) is 0 Å². The first-order chi connectivity index (χ1) is 16.5. The summed E-state index contributed by atoms with van der Waals surface area (Å²) in [5, 5.41) is 15.9. The number of rotatable bonds is 6. The number of benzene rings is 1. The standard InChI is InChI=1S/C23H24N8O2S/c1-18-9-11-24-22(17-18)26-21-7-8-23(28-27-21)29-13-15-30(16-14-29)34(32,33)20-5-3-19(4-6-20)31-12-2-10-25-31/h2-12,17H,13-16H2,1H3,(H,24,26,27). The van der Waals surface area contributed by atoms with Crippen molar-refractivity contribution in [2.24, 2.45) is 0 Å². The van der Waals surface area contributed by atoms with Crippen LogP contribution in [0.1, 0.15) is 5.56 Å². The number of nitrogens with one attached hydrogen (secondary N) is 1. The molecule has 1 fully saturated rings. The third-order valence-corrected chi connectivity index (χ3v) is 7.54. The van der Waals surface area contributed by atoms with Crippen molar-refractivity contribution in [1.82, 2.24) is 29.3 Å². The highest BCUT2D eigenvalue weighted by atomic mass is 32.2. The molecule has 10 nitrogen and oxygen atoms in total. The molecule has 0 bridgehead atoms. The number of sulfonamides is 1. The van der Waals surface area contributed by atoms with Gasteiger partial charge in [-0.15, -0.1) is 10.2 Å². The first-order valence-electron chi connectivity index (χ1n) is 10.9. The molecule has 0 saturated carbocycles. The van der Waals surface area contributed by atoms with E-state index in [0.717, 1.165) is 11.3 Å². The maximum atomic E-state index is 13.1. The van der Waals surface area contributed by atoms with Crippen LogP contribution in [0.25, 0.3) is 5.69 Å². The molecule has 1 aromatic carbocycles. The molecule has 0 radical (unpaired) electrons. The SMILES string of the molecule is Cc1ccnc(Nc2ccc(N3CCN(S(=O)(=O)c4ccc(-n5cccn5)cc4)CC3)nn2)c1. The Bertz CT molecular complexity index is 1350. The van der Waals surface area contributed by atoms with Crippen LogP contribution in [0.4, 0.5) is 17.5 Å². The monoisotopic (exact) mass is 476 g/mol. The van der Waals surface area contributed by atoms with Crippen molar-refractivity contribution >= 4 is 27.5 Å². The molecule has 1 saturated heterocycles. The number of pyridine rings is 1. The van der Waals surface area contributed by atoms with Crippen molar-refractivity contribution in [3.8, 4) is 5.69 Å². The maximum absolute atomic E-state index is 13.1. The molecular weight excluding hydrogens is 452 g/mol. The quantitative estimate of drug-likeness (QED) is 0.452. The van der Waals surface area contributed by atoms with Gasteiger partial charge in [-0.2, -0.15) is 9.40 Å². The van der Waals surface area contributed by atoms with Gasteiger partial charge in [0.05, 0.1) is 10.6 Å². The smallest absolute Gasteiger partial charge is 0.243 e. The van der Waals surface area contributed by atoms with Crippen LogP contribution in [0.3, 0.4) is 0 Å². The van der Waals surface area contributed by atoms with E-state index in [-0.39, 0.29) is 4.90 Å². The number of nitrogens with zero attached hydrogens (tertiary/aromatic N) is 7. The zero-order chi connectivity index (χ0) is 23.5. The van der Waals surface area contributed by atoms with Crippen molar-refractivity contribution in [1.29, 1.82) is 0 Å². The second kappa shape index (κ2) is 9.20. The van der Waals surface area contributed by atoms with E-state index < -0.39 is 10.0 Å². The molecule has 34 heavy (non-hydrogen) atoms. The summed E-state index contributed by atoms with van der Waals surface area (Å²) in [6, 6.07) is 16.2. The normalized spacial score (nSPS) is 14.8. The average Bonchev–Trinajstić information content (AvgIpc) is 3.40. The van der Waals surface area contributed by atoms with Gasteiger partial charge in [0, 0.05) is 44.8 Å². The van der Waals surface area contributed by atoms with Gasteiger partial charge in [-0.05, 0) is 67.1 Å². The molecule has 0 aliphatic carbocycles. The molecule has 1 aliphatic rings. The number of hydrogen-bond donors (Lipinski definition) is 1. The third kappa shape index (κ3) is 4.61. The van der Waals surface area contributed by atoms with Crippen molar-refractivity contribution in [2.75, 3.05) is 36.4 Å². The lowest BCUT2D eigenvalue weighted by Crippen LogP contribution is -2.49. The largest absolute Gasteiger partial charge is 0.352 e. The van der Waals surface area contributed by atoms with E-state index in [2.05, 4.69) is 25.6 Å². The van der Waals surface area contributed by atoms with Crippen molar-refractivity contribution in [3.63, 3.8) is 0 Å². The van der Waals surface area contributed by atoms with Gasteiger partial charge >= 0.3 is 0 Å². The van der Waals surface area contributed by atoms with Gasteiger partial charge in [-0.3, -0.25) is 0 Å². The highest BCUT2D eigenvalue weighted by Crippen LogP contribution is 2.22. The molecule has 174 valence electrons. The number of piperazine rings is 1. The molecule has 0 unspecified atom stereocenters. The summed E-state index contributed by atoms with van der Waals surface area (Å²) in [5.74, 6) is 2.02. The van der Waals surface area contributed by atoms with Crippen LogP contribution in [0.5, 0.6) is 0 Å². The van der Waals surface area contributed by atoms with Gasteiger partial charge in [-0.1, -0.05) is 0 Å². The summed E-state index contributed by atoms with van der Waals surface area (Å²) in [6.07, 6.45) is 5.23. The zero-order valence-corrected chi connectivity index (χ0v) is 19.4. The minimum atomic E-state index is -3.57. The van der Waals surface area contributed by atoms with E-state index in [9.17, 15) is 8.42 Å². The van der Waals surface area contributed by atoms with Crippen LogP contribution in [0.2, 0.25) is 0 Å². The fraction of sp³-hybridized carbons (Fsp3) is 0.217. The zero-order valence-electron chi connectivity index (χ0n) is 18.6. The van der Waals surface area contributed by atoms with E-state index in [1.165, 1.54) is 4.31 Å². The van der Waals surface area contributed by atoms with Gasteiger partial charge in [0.15, 0.2) is 11.6 Å². The van der Waals surface area contributed by atoms with Crippen LogP contribution in [0.15, 0.2) is 78.1 Å². The van der Waals surface area contributed by atoms with E-state index in [4.69, 9.17) is 0 Å². The molecule has 4 heterocycles. The molecule has 0 atom stereocenters. The van der Waals surface area contributed by atoms with E-state index in [1.807, 2.05) is 48.4 Å². The van der Waals surface area contributed by atoms with Crippen LogP contribution >= 0.6 is 0 Å². The Morgan fingerprint density at radius 3 is 2.32 bits per heavy atom. The molecule has 4 aromatic rings. The Morgan fingerprint density at radius 1 is 0.882 bits per heavy atom. The highest BCUT2D eigenvalue weighted by molar-refractivity contribution is 7.89. The predicted molar refractivity (Wildman–Crippen MR) is 129 cm³/mol. The maximum Gasteiger partial charge on any atom is 0.243 e. The summed E-state index contributed by atoms with van der Waals surface area (Å²) in [6.45, 7) is 3.81.